The van der Waals surface area contributed by atoms with E-state index in [1.54, 1.807) is 12.1 Å². The Morgan fingerprint density at radius 1 is 1.14 bits per heavy atom. The van der Waals surface area contributed by atoms with E-state index >= 15 is 0 Å². The van der Waals surface area contributed by atoms with Crippen LogP contribution in [-0.4, -0.2) is 10.1 Å². The van der Waals surface area contributed by atoms with Crippen molar-refractivity contribution in [2.75, 3.05) is 0 Å². The first kappa shape index (κ1) is 13.5. The van der Waals surface area contributed by atoms with Crippen LogP contribution in [0.4, 0.5) is 0 Å². The maximum atomic E-state index is 8.90. The van der Waals surface area contributed by atoms with Gasteiger partial charge in [-0.15, -0.1) is 0 Å². The quantitative estimate of drug-likeness (QED) is 0.696. The third-order valence-electron chi connectivity index (χ3n) is 3.13. The molecule has 0 aliphatic heterocycles. The van der Waals surface area contributed by atoms with E-state index in [-0.39, 0.29) is 0 Å². The third kappa shape index (κ3) is 2.58. The van der Waals surface area contributed by atoms with E-state index < -0.39 is 0 Å². The van der Waals surface area contributed by atoms with Crippen LogP contribution in [0.5, 0.6) is 0 Å². The van der Waals surface area contributed by atoms with Crippen molar-refractivity contribution in [1.29, 1.82) is 5.26 Å². The number of aryl methyl sites for hydroxylation is 1. The molecule has 3 rings (SSSR count). The van der Waals surface area contributed by atoms with Gasteiger partial charge in [-0.1, -0.05) is 33.2 Å². The first-order chi connectivity index (χ1) is 10.2. The van der Waals surface area contributed by atoms with E-state index in [0.717, 1.165) is 21.2 Å². The minimum Gasteiger partial charge on any atom is -0.334 e. The lowest BCUT2D eigenvalue weighted by molar-refractivity contribution is 0.432. The maximum absolute atomic E-state index is 8.90. The second-order valence-electron chi connectivity index (χ2n) is 4.54. The second kappa shape index (κ2) is 5.51. The zero-order valence-electron chi connectivity index (χ0n) is 11.2. The van der Waals surface area contributed by atoms with Gasteiger partial charge < -0.3 is 4.52 Å². The number of hydrogen-bond acceptors (Lipinski definition) is 4. The highest BCUT2D eigenvalue weighted by atomic mass is 79.9. The molecular formula is C16H10BrN3O. The summed E-state index contributed by atoms with van der Waals surface area (Å²) in [4.78, 5) is 4.44. The molecular weight excluding hydrogens is 330 g/mol. The molecule has 3 aromatic rings. The molecule has 2 aromatic carbocycles. The molecule has 1 heterocycles. The smallest absolute Gasteiger partial charge is 0.258 e. The lowest BCUT2D eigenvalue weighted by Gasteiger charge is -2.00. The van der Waals surface area contributed by atoms with Gasteiger partial charge in [-0.2, -0.15) is 10.2 Å². The van der Waals surface area contributed by atoms with Crippen LogP contribution in [0.25, 0.3) is 22.8 Å². The van der Waals surface area contributed by atoms with E-state index in [1.165, 1.54) is 0 Å². The minimum absolute atomic E-state index is 0.447. The molecule has 0 unspecified atom stereocenters. The molecule has 0 bridgehead atoms. The Kier molecular flexibility index (Phi) is 3.55. The van der Waals surface area contributed by atoms with Gasteiger partial charge >= 0.3 is 0 Å². The molecule has 102 valence electrons. The summed E-state index contributed by atoms with van der Waals surface area (Å²) in [6, 6.07) is 15.2. The van der Waals surface area contributed by atoms with Crippen LogP contribution in [0.3, 0.4) is 0 Å². The molecule has 0 spiro atoms. The van der Waals surface area contributed by atoms with Crippen molar-refractivity contribution in [3.8, 4) is 28.9 Å². The standard InChI is InChI=1S/C16H10BrN3O/c1-10-8-11(9-18)6-7-12(10)16-19-15(20-21-16)13-4-2-3-5-14(13)17/h2-8H,1H3. The monoisotopic (exact) mass is 339 g/mol. The molecule has 0 atom stereocenters. The predicted octanol–water partition coefficient (Wildman–Crippen LogP) is 4.35. The average molecular weight is 340 g/mol. The molecule has 21 heavy (non-hydrogen) atoms. The van der Waals surface area contributed by atoms with Gasteiger partial charge in [0, 0.05) is 15.6 Å². The van der Waals surface area contributed by atoms with Gasteiger partial charge in [0.15, 0.2) is 0 Å². The normalized spacial score (nSPS) is 10.3. The highest BCUT2D eigenvalue weighted by Crippen LogP contribution is 2.29. The van der Waals surface area contributed by atoms with Crippen LogP contribution in [0.2, 0.25) is 0 Å². The first-order valence-corrected chi connectivity index (χ1v) is 7.08. The summed E-state index contributed by atoms with van der Waals surface area (Å²) in [5.41, 5.74) is 3.25. The van der Waals surface area contributed by atoms with E-state index in [2.05, 4.69) is 32.1 Å². The van der Waals surface area contributed by atoms with Gasteiger partial charge in [0.1, 0.15) is 0 Å². The summed E-state index contributed by atoms with van der Waals surface area (Å²) in [5.74, 6) is 0.976. The Labute approximate surface area is 130 Å². The van der Waals surface area contributed by atoms with E-state index in [0.29, 0.717) is 17.3 Å². The van der Waals surface area contributed by atoms with E-state index in [9.17, 15) is 0 Å². The van der Waals surface area contributed by atoms with Gasteiger partial charge in [0.25, 0.3) is 5.89 Å². The number of nitrogens with zero attached hydrogens (tertiary/aromatic N) is 3. The fourth-order valence-corrected chi connectivity index (χ4v) is 2.52. The predicted molar refractivity (Wildman–Crippen MR) is 82.3 cm³/mol. The van der Waals surface area contributed by atoms with Crippen LogP contribution < -0.4 is 0 Å². The van der Waals surface area contributed by atoms with E-state index in [1.807, 2.05) is 37.3 Å². The molecule has 4 nitrogen and oxygen atoms in total. The number of hydrogen-bond donors (Lipinski definition) is 0. The molecule has 0 N–H and O–H groups in total. The van der Waals surface area contributed by atoms with Crippen LogP contribution in [0.1, 0.15) is 11.1 Å². The number of benzene rings is 2. The largest absolute Gasteiger partial charge is 0.334 e. The third-order valence-corrected chi connectivity index (χ3v) is 3.82. The van der Waals surface area contributed by atoms with Gasteiger partial charge in [0.05, 0.1) is 11.6 Å². The molecule has 0 radical (unpaired) electrons. The van der Waals surface area contributed by atoms with Crippen LogP contribution in [-0.2, 0) is 0 Å². The van der Waals surface area contributed by atoms with Gasteiger partial charge in [-0.25, -0.2) is 0 Å². The maximum Gasteiger partial charge on any atom is 0.258 e. The van der Waals surface area contributed by atoms with Crippen LogP contribution >= 0.6 is 15.9 Å². The molecule has 0 amide bonds. The average Bonchev–Trinajstić information content (AvgIpc) is 2.97. The Morgan fingerprint density at radius 3 is 2.67 bits per heavy atom. The van der Waals surface area contributed by atoms with Crippen LogP contribution in [0, 0.1) is 18.3 Å². The molecule has 0 aliphatic carbocycles. The fraction of sp³-hybridized carbons (Fsp3) is 0.0625. The lowest BCUT2D eigenvalue weighted by Crippen LogP contribution is -1.86. The summed E-state index contributed by atoms with van der Waals surface area (Å²) >= 11 is 3.47. The molecule has 0 saturated carbocycles. The van der Waals surface area contributed by atoms with Crippen molar-refractivity contribution >= 4 is 15.9 Å². The summed E-state index contributed by atoms with van der Waals surface area (Å²) in [6.45, 7) is 1.92. The number of nitriles is 1. The van der Waals surface area contributed by atoms with Crippen molar-refractivity contribution in [2.24, 2.45) is 0 Å². The molecule has 5 heteroatoms. The SMILES string of the molecule is Cc1cc(C#N)ccc1-c1nc(-c2ccccc2Br)no1. The minimum atomic E-state index is 0.447. The summed E-state index contributed by atoms with van der Waals surface area (Å²) in [5, 5.41) is 12.9. The topological polar surface area (TPSA) is 62.7 Å². The van der Waals surface area contributed by atoms with Gasteiger partial charge in [0.2, 0.25) is 5.82 Å². The van der Waals surface area contributed by atoms with Crippen molar-refractivity contribution < 1.29 is 4.52 Å². The summed E-state index contributed by atoms with van der Waals surface area (Å²) < 4.78 is 6.26. The summed E-state index contributed by atoms with van der Waals surface area (Å²) in [6.07, 6.45) is 0. The number of halogens is 1. The Balaban J connectivity index is 2.03. The van der Waals surface area contributed by atoms with Crippen molar-refractivity contribution in [1.82, 2.24) is 10.1 Å². The Hall–Kier alpha value is -2.45. The highest BCUT2D eigenvalue weighted by Gasteiger charge is 2.14. The van der Waals surface area contributed by atoms with Crippen molar-refractivity contribution in [3.63, 3.8) is 0 Å². The van der Waals surface area contributed by atoms with Crippen molar-refractivity contribution in [2.45, 2.75) is 6.92 Å². The fourth-order valence-electron chi connectivity index (χ4n) is 2.06. The second-order valence-corrected chi connectivity index (χ2v) is 5.40. The summed E-state index contributed by atoms with van der Waals surface area (Å²) in [7, 11) is 0. The zero-order valence-corrected chi connectivity index (χ0v) is 12.8. The molecule has 0 saturated heterocycles. The molecule has 0 fully saturated rings. The molecule has 0 aliphatic rings. The van der Waals surface area contributed by atoms with Gasteiger partial charge in [-0.3, -0.25) is 0 Å². The Bertz CT molecular complexity index is 849. The Morgan fingerprint density at radius 2 is 1.95 bits per heavy atom. The number of rotatable bonds is 2. The zero-order chi connectivity index (χ0) is 14.8. The van der Waals surface area contributed by atoms with E-state index in [4.69, 9.17) is 9.78 Å². The lowest BCUT2D eigenvalue weighted by atomic mass is 10.1. The molecule has 1 aromatic heterocycles. The number of aromatic nitrogens is 2. The highest BCUT2D eigenvalue weighted by molar-refractivity contribution is 9.10. The van der Waals surface area contributed by atoms with Crippen molar-refractivity contribution in [3.05, 3.63) is 58.1 Å². The van der Waals surface area contributed by atoms with Gasteiger partial charge in [-0.05, 0) is 42.8 Å². The van der Waals surface area contributed by atoms with Crippen LogP contribution in [0.15, 0.2) is 51.5 Å². The first-order valence-electron chi connectivity index (χ1n) is 6.29.